The second kappa shape index (κ2) is 7.26. The first kappa shape index (κ1) is 16.3. The molecule has 1 aliphatic heterocycles. The number of pyridine rings is 1. The maximum atomic E-state index is 13.6. The van der Waals surface area contributed by atoms with Gasteiger partial charge in [0.1, 0.15) is 0 Å². The number of hydrogen-bond acceptors (Lipinski definition) is 5. The summed E-state index contributed by atoms with van der Waals surface area (Å²) in [5.41, 5.74) is 5.39. The van der Waals surface area contributed by atoms with Crippen LogP contribution in [0.5, 0.6) is 0 Å². The van der Waals surface area contributed by atoms with Gasteiger partial charge in [0.25, 0.3) is 10.0 Å². The second-order valence-corrected chi connectivity index (χ2v) is 6.76. The van der Waals surface area contributed by atoms with Gasteiger partial charge >= 0.3 is 0 Å². The molecule has 0 aromatic carbocycles. The number of piperidine rings is 1. The highest BCUT2D eigenvalue weighted by Gasteiger charge is 2.32. The number of halogens is 1. The molecule has 1 aliphatic rings. The average Bonchev–Trinajstić information content (AvgIpc) is 2.48. The first-order chi connectivity index (χ1) is 10.1. The maximum absolute atomic E-state index is 13.6. The molecule has 0 radical (unpaired) electrons. The summed E-state index contributed by atoms with van der Waals surface area (Å²) < 4.78 is 45.2. The number of aromatic nitrogens is 1. The maximum Gasteiger partial charge on any atom is 0.263 e. The van der Waals surface area contributed by atoms with E-state index in [2.05, 4.69) is 4.98 Å². The lowest BCUT2D eigenvalue weighted by molar-refractivity contribution is 0.0208. The zero-order valence-electron chi connectivity index (χ0n) is 11.7. The highest BCUT2D eigenvalue weighted by Crippen LogP contribution is 2.22. The van der Waals surface area contributed by atoms with Gasteiger partial charge in [-0.1, -0.05) is 0 Å². The van der Waals surface area contributed by atoms with E-state index in [1.807, 2.05) is 0 Å². The number of hydrogen-bond donors (Lipinski definition) is 1. The van der Waals surface area contributed by atoms with E-state index in [4.69, 9.17) is 10.5 Å². The van der Waals surface area contributed by atoms with Crippen LogP contribution in [0, 0.1) is 5.82 Å². The standard InChI is InChI=1S/C13H20FN3O3S/c14-12-3-1-7-16-13(12)21(18,19)17-8-4-11(5-9-17)20-10-2-6-15/h1,3,7,11H,2,4-6,8-10,15H2. The third-order valence-corrected chi connectivity index (χ3v) is 5.25. The topological polar surface area (TPSA) is 85.5 Å². The predicted octanol–water partition coefficient (Wildman–Crippen LogP) is 0.739. The van der Waals surface area contributed by atoms with Gasteiger partial charge in [0, 0.05) is 25.9 Å². The molecule has 118 valence electrons. The van der Waals surface area contributed by atoms with Crippen LogP contribution in [-0.4, -0.2) is 50.1 Å². The molecule has 0 aliphatic carbocycles. The van der Waals surface area contributed by atoms with Crippen LogP contribution in [0.15, 0.2) is 23.4 Å². The molecule has 2 heterocycles. The van der Waals surface area contributed by atoms with Gasteiger partial charge in [-0.2, -0.15) is 4.31 Å². The lowest BCUT2D eigenvalue weighted by atomic mass is 10.1. The Labute approximate surface area is 124 Å². The molecule has 2 rings (SSSR count). The minimum absolute atomic E-state index is 0.0385. The van der Waals surface area contributed by atoms with Crippen molar-refractivity contribution in [3.05, 3.63) is 24.1 Å². The number of nitrogens with two attached hydrogens (primary N) is 1. The van der Waals surface area contributed by atoms with Crippen LogP contribution in [0.2, 0.25) is 0 Å². The molecule has 1 aromatic heterocycles. The van der Waals surface area contributed by atoms with Crippen LogP contribution < -0.4 is 5.73 Å². The van der Waals surface area contributed by atoms with Crippen LogP contribution in [0.3, 0.4) is 0 Å². The molecule has 8 heteroatoms. The Hall–Kier alpha value is -1.09. The number of nitrogens with zero attached hydrogens (tertiary/aromatic N) is 2. The van der Waals surface area contributed by atoms with Crippen molar-refractivity contribution in [1.29, 1.82) is 0 Å². The molecule has 0 unspecified atom stereocenters. The Kier molecular flexibility index (Phi) is 5.63. The predicted molar refractivity (Wildman–Crippen MR) is 75.6 cm³/mol. The van der Waals surface area contributed by atoms with Crippen LogP contribution in [-0.2, 0) is 14.8 Å². The Morgan fingerprint density at radius 3 is 2.76 bits per heavy atom. The molecule has 0 saturated carbocycles. The van der Waals surface area contributed by atoms with Gasteiger partial charge in [-0.15, -0.1) is 0 Å². The molecule has 1 saturated heterocycles. The smallest absolute Gasteiger partial charge is 0.263 e. The fraction of sp³-hybridized carbons (Fsp3) is 0.615. The fourth-order valence-electron chi connectivity index (χ4n) is 2.26. The lowest BCUT2D eigenvalue weighted by Gasteiger charge is -2.30. The van der Waals surface area contributed by atoms with Crippen molar-refractivity contribution in [2.45, 2.75) is 30.4 Å². The van der Waals surface area contributed by atoms with Gasteiger partial charge in [-0.3, -0.25) is 0 Å². The lowest BCUT2D eigenvalue weighted by Crippen LogP contribution is -2.41. The van der Waals surface area contributed by atoms with Crippen molar-refractivity contribution in [2.75, 3.05) is 26.2 Å². The Morgan fingerprint density at radius 1 is 1.43 bits per heavy atom. The van der Waals surface area contributed by atoms with Crippen molar-refractivity contribution < 1.29 is 17.5 Å². The van der Waals surface area contributed by atoms with Gasteiger partial charge in [0.15, 0.2) is 5.82 Å². The Bertz CT molecular complexity index is 560. The summed E-state index contributed by atoms with van der Waals surface area (Å²) >= 11 is 0. The van der Waals surface area contributed by atoms with Crippen LogP contribution in [0.1, 0.15) is 19.3 Å². The van der Waals surface area contributed by atoms with Gasteiger partial charge in [0.05, 0.1) is 6.10 Å². The quantitative estimate of drug-likeness (QED) is 0.782. The first-order valence-electron chi connectivity index (χ1n) is 6.98. The molecule has 0 bridgehead atoms. The molecule has 6 nitrogen and oxygen atoms in total. The summed E-state index contributed by atoms with van der Waals surface area (Å²) in [4.78, 5) is 3.66. The summed E-state index contributed by atoms with van der Waals surface area (Å²) in [5.74, 6) is -0.821. The van der Waals surface area contributed by atoms with Crippen LogP contribution in [0.25, 0.3) is 0 Å². The molecule has 1 aromatic rings. The van der Waals surface area contributed by atoms with E-state index in [0.29, 0.717) is 39.1 Å². The molecular formula is C13H20FN3O3S. The summed E-state index contributed by atoms with van der Waals surface area (Å²) in [6, 6.07) is 2.47. The Balaban J connectivity index is 1.97. The number of rotatable bonds is 6. The van der Waals surface area contributed by atoms with Crippen molar-refractivity contribution in [2.24, 2.45) is 5.73 Å². The van der Waals surface area contributed by atoms with Gasteiger partial charge in [-0.25, -0.2) is 17.8 Å². The Morgan fingerprint density at radius 2 is 2.14 bits per heavy atom. The highest BCUT2D eigenvalue weighted by atomic mass is 32.2. The molecule has 21 heavy (non-hydrogen) atoms. The third kappa shape index (κ3) is 3.97. The van der Waals surface area contributed by atoms with E-state index >= 15 is 0 Å². The summed E-state index contributed by atoms with van der Waals surface area (Å²) in [6.45, 7) is 1.78. The molecule has 2 N–H and O–H groups in total. The van der Waals surface area contributed by atoms with E-state index in [0.717, 1.165) is 12.5 Å². The third-order valence-electron chi connectivity index (χ3n) is 3.41. The second-order valence-electron chi connectivity index (χ2n) is 4.91. The van der Waals surface area contributed by atoms with Crippen LogP contribution >= 0.6 is 0 Å². The van der Waals surface area contributed by atoms with E-state index < -0.39 is 20.9 Å². The van der Waals surface area contributed by atoms with E-state index in [1.165, 1.54) is 16.6 Å². The normalized spacial score (nSPS) is 18.0. The van der Waals surface area contributed by atoms with Gasteiger partial charge < -0.3 is 10.5 Å². The fourth-order valence-corrected chi connectivity index (χ4v) is 3.70. The summed E-state index contributed by atoms with van der Waals surface area (Å²) in [7, 11) is -3.87. The summed E-state index contributed by atoms with van der Waals surface area (Å²) in [5, 5.41) is -0.507. The molecule has 0 amide bonds. The number of sulfonamides is 1. The van der Waals surface area contributed by atoms with Crippen molar-refractivity contribution >= 4 is 10.0 Å². The van der Waals surface area contributed by atoms with Crippen molar-refractivity contribution in [3.8, 4) is 0 Å². The van der Waals surface area contributed by atoms with Crippen molar-refractivity contribution in [1.82, 2.24) is 9.29 Å². The molecule has 1 fully saturated rings. The minimum atomic E-state index is -3.87. The van der Waals surface area contributed by atoms with Crippen molar-refractivity contribution in [3.63, 3.8) is 0 Å². The highest BCUT2D eigenvalue weighted by molar-refractivity contribution is 7.89. The molecular weight excluding hydrogens is 297 g/mol. The number of ether oxygens (including phenoxy) is 1. The SMILES string of the molecule is NCCCOC1CCN(S(=O)(=O)c2ncccc2F)CC1. The monoisotopic (exact) mass is 317 g/mol. The largest absolute Gasteiger partial charge is 0.378 e. The zero-order valence-corrected chi connectivity index (χ0v) is 12.6. The average molecular weight is 317 g/mol. The van der Waals surface area contributed by atoms with E-state index in [9.17, 15) is 12.8 Å². The molecule has 0 spiro atoms. The molecule has 0 atom stereocenters. The summed E-state index contributed by atoms with van der Waals surface area (Å²) in [6.07, 6.45) is 3.30. The van der Waals surface area contributed by atoms with Crippen LogP contribution in [0.4, 0.5) is 4.39 Å². The minimum Gasteiger partial charge on any atom is -0.378 e. The first-order valence-corrected chi connectivity index (χ1v) is 8.42. The van der Waals surface area contributed by atoms with Gasteiger partial charge in [0.2, 0.25) is 5.03 Å². The van der Waals surface area contributed by atoms with E-state index in [1.54, 1.807) is 0 Å². The van der Waals surface area contributed by atoms with Gasteiger partial charge in [-0.05, 0) is 37.9 Å². The zero-order chi connectivity index (χ0) is 15.3. The van der Waals surface area contributed by atoms with E-state index in [-0.39, 0.29) is 6.10 Å².